The van der Waals surface area contributed by atoms with Crippen LogP contribution in [0, 0.1) is 20.8 Å². The standard InChI is InChI=1S/C20H24N6O/c1-13-14(2)21-15(3)22-18(13)25-9-11-26(12-10-25)20-23-17-8-6-5-7-16(17)19(27)24(20)4/h5-8H,9-12H2,1-4H3. The molecule has 1 aliphatic heterocycles. The van der Waals surface area contributed by atoms with Crippen LogP contribution < -0.4 is 15.4 Å². The third kappa shape index (κ3) is 3.03. The Morgan fingerprint density at radius 2 is 1.56 bits per heavy atom. The predicted molar refractivity (Wildman–Crippen MR) is 108 cm³/mol. The zero-order chi connectivity index (χ0) is 19.1. The molecule has 0 atom stereocenters. The van der Waals surface area contributed by atoms with Gasteiger partial charge in [0.1, 0.15) is 11.6 Å². The Balaban J connectivity index is 1.61. The zero-order valence-electron chi connectivity index (χ0n) is 16.2. The molecule has 27 heavy (non-hydrogen) atoms. The molecule has 4 rings (SSSR count). The van der Waals surface area contributed by atoms with Crippen molar-refractivity contribution in [3.63, 3.8) is 0 Å². The number of fused-ring (bicyclic) bond motifs is 1. The summed E-state index contributed by atoms with van der Waals surface area (Å²) in [5, 5.41) is 0.657. The van der Waals surface area contributed by atoms with Crippen LogP contribution in [0.15, 0.2) is 29.1 Å². The van der Waals surface area contributed by atoms with E-state index in [1.165, 1.54) is 0 Å². The molecular formula is C20H24N6O. The lowest BCUT2D eigenvalue weighted by atomic mass is 10.2. The average molecular weight is 364 g/mol. The van der Waals surface area contributed by atoms with Crippen molar-refractivity contribution in [3.8, 4) is 0 Å². The lowest BCUT2D eigenvalue weighted by molar-refractivity contribution is 0.616. The van der Waals surface area contributed by atoms with Gasteiger partial charge < -0.3 is 9.80 Å². The summed E-state index contributed by atoms with van der Waals surface area (Å²) in [7, 11) is 1.80. The molecule has 1 aromatic carbocycles. The van der Waals surface area contributed by atoms with Crippen molar-refractivity contribution >= 4 is 22.7 Å². The van der Waals surface area contributed by atoms with Crippen molar-refractivity contribution in [2.75, 3.05) is 36.0 Å². The van der Waals surface area contributed by atoms with Gasteiger partial charge in [-0.3, -0.25) is 9.36 Å². The molecule has 0 radical (unpaired) electrons. The zero-order valence-corrected chi connectivity index (χ0v) is 16.2. The SMILES string of the molecule is Cc1nc(C)c(C)c(N2CCN(c3nc4ccccc4c(=O)n3C)CC2)n1. The normalized spacial score (nSPS) is 14.8. The number of rotatable bonds is 2. The lowest BCUT2D eigenvalue weighted by Crippen LogP contribution is -2.48. The number of nitrogens with zero attached hydrogens (tertiary/aromatic N) is 6. The van der Waals surface area contributed by atoms with Crippen LogP contribution in [0.4, 0.5) is 11.8 Å². The lowest BCUT2D eigenvalue weighted by Gasteiger charge is -2.37. The van der Waals surface area contributed by atoms with E-state index in [1.807, 2.05) is 38.1 Å². The molecule has 0 N–H and O–H groups in total. The van der Waals surface area contributed by atoms with E-state index in [9.17, 15) is 4.79 Å². The van der Waals surface area contributed by atoms with E-state index < -0.39 is 0 Å². The fraction of sp³-hybridized carbons (Fsp3) is 0.400. The largest absolute Gasteiger partial charge is 0.353 e. The Morgan fingerprint density at radius 3 is 2.30 bits per heavy atom. The summed E-state index contributed by atoms with van der Waals surface area (Å²) < 4.78 is 1.65. The van der Waals surface area contributed by atoms with E-state index >= 15 is 0 Å². The molecular weight excluding hydrogens is 340 g/mol. The first-order chi connectivity index (χ1) is 13.0. The number of hydrogen-bond donors (Lipinski definition) is 0. The third-order valence-corrected chi connectivity index (χ3v) is 5.30. The van der Waals surface area contributed by atoms with Crippen LogP contribution in [-0.4, -0.2) is 45.7 Å². The Labute approximate surface area is 158 Å². The van der Waals surface area contributed by atoms with Gasteiger partial charge in [-0.05, 0) is 32.9 Å². The molecule has 3 heterocycles. The van der Waals surface area contributed by atoms with Gasteiger partial charge in [0, 0.05) is 44.5 Å². The number of benzene rings is 1. The minimum Gasteiger partial charge on any atom is -0.353 e. The van der Waals surface area contributed by atoms with Crippen LogP contribution in [0.3, 0.4) is 0 Å². The maximum atomic E-state index is 12.7. The molecule has 140 valence electrons. The molecule has 0 aliphatic carbocycles. The first-order valence-corrected chi connectivity index (χ1v) is 9.23. The number of anilines is 2. The monoisotopic (exact) mass is 364 g/mol. The van der Waals surface area contributed by atoms with Gasteiger partial charge in [-0.15, -0.1) is 0 Å². The summed E-state index contributed by atoms with van der Waals surface area (Å²) in [5.41, 5.74) is 2.90. The highest BCUT2D eigenvalue weighted by atomic mass is 16.1. The van der Waals surface area contributed by atoms with Crippen molar-refractivity contribution in [1.82, 2.24) is 19.5 Å². The third-order valence-electron chi connectivity index (χ3n) is 5.30. The summed E-state index contributed by atoms with van der Waals surface area (Å²) in [4.78, 5) is 31.0. The van der Waals surface area contributed by atoms with Gasteiger partial charge in [-0.2, -0.15) is 0 Å². The summed E-state index contributed by atoms with van der Waals surface area (Å²) in [5.74, 6) is 2.54. The van der Waals surface area contributed by atoms with Gasteiger partial charge in [0.2, 0.25) is 5.95 Å². The van der Waals surface area contributed by atoms with Crippen LogP contribution in [-0.2, 0) is 7.05 Å². The van der Waals surface area contributed by atoms with Crippen molar-refractivity contribution in [2.45, 2.75) is 20.8 Å². The van der Waals surface area contributed by atoms with E-state index in [2.05, 4.69) is 26.7 Å². The Morgan fingerprint density at radius 1 is 0.889 bits per heavy atom. The number of aryl methyl sites for hydroxylation is 2. The Hall–Kier alpha value is -2.96. The number of aromatic nitrogens is 4. The quantitative estimate of drug-likeness (QED) is 0.693. The molecule has 3 aromatic rings. The highest BCUT2D eigenvalue weighted by Gasteiger charge is 2.23. The van der Waals surface area contributed by atoms with Crippen LogP contribution in [0.25, 0.3) is 10.9 Å². The van der Waals surface area contributed by atoms with E-state index in [-0.39, 0.29) is 5.56 Å². The van der Waals surface area contributed by atoms with Gasteiger partial charge in [0.05, 0.1) is 10.9 Å². The Kier molecular flexibility index (Phi) is 4.30. The minimum absolute atomic E-state index is 0.00377. The van der Waals surface area contributed by atoms with Gasteiger partial charge >= 0.3 is 0 Å². The summed E-state index contributed by atoms with van der Waals surface area (Å²) in [6.45, 7) is 9.28. The predicted octanol–water partition coefficient (Wildman–Crippen LogP) is 1.98. The molecule has 0 amide bonds. The summed E-state index contributed by atoms with van der Waals surface area (Å²) in [6, 6.07) is 7.51. The second-order valence-corrected chi connectivity index (χ2v) is 7.07. The van der Waals surface area contributed by atoms with Crippen molar-refractivity contribution in [3.05, 3.63) is 51.7 Å². The van der Waals surface area contributed by atoms with Crippen molar-refractivity contribution in [1.29, 1.82) is 0 Å². The Bertz CT molecular complexity index is 1070. The maximum Gasteiger partial charge on any atom is 0.262 e. The smallest absolute Gasteiger partial charge is 0.262 e. The fourth-order valence-electron chi connectivity index (χ4n) is 3.67. The number of hydrogen-bond acceptors (Lipinski definition) is 6. The summed E-state index contributed by atoms with van der Waals surface area (Å²) >= 11 is 0. The van der Waals surface area contributed by atoms with Crippen LogP contribution in [0.1, 0.15) is 17.1 Å². The van der Waals surface area contributed by atoms with Gasteiger partial charge in [-0.1, -0.05) is 12.1 Å². The maximum absolute atomic E-state index is 12.7. The van der Waals surface area contributed by atoms with Crippen LogP contribution in [0.5, 0.6) is 0 Å². The molecule has 0 spiro atoms. The number of piperazine rings is 1. The topological polar surface area (TPSA) is 67.2 Å². The highest BCUT2D eigenvalue weighted by Crippen LogP contribution is 2.22. The van der Waals surface area contributed by atoms with Crippen LogP contribution in [0.2, 0.25) is 0 Å². The molecule has 1 saturated heterocycles. The van der Waals surface area contributed by atoms with Gasteiger partial charge in [-0.25, -0.2) is 15.0 Å². The van der Waals surface area contributed by atoms with E-state index in [4.69, 9.17) is 4.98 Å². The second kappa shape index (κ2) is 6.64. The average Bonchev–Trinajstić information content (AvgIpc) is 2.68. The van der Waals surface area contributed by atoms with E-state index in [0.29, 0.717) is 5.39 Å². The van der Waals surface area contributed by atoms with Crippen LogP contribution >= 0.6 is 0 Å². The van der Waals surface area contributed by atoms with E-state index in [0.717, 1.165) is 60.5 Å². The first-order valence-electron chi connectivity index (χ1n) is 9.23. The number of para-hydroxylation sites is 1. The van der Waals surface area contributed by atoms with E-state index in [1.54, 1.807) is 11.6 Å². The highest BCUT2D eigenvalue weighted by molar-refractivity contribution is 5.78. The van der Waals surface area contributed by atoms with Gasteiger partial charge in [0.25, 0.3) is 5.56 Å². The van der Waals surface area contributed by atoms with Crippen molar-refractivity contribution in [2.24, 2.45) is 7.05 Å². The molecule has 7 heteroatoms. The minimum atomic E-state index is -0.00377. The molecule has 2 aromatic heterocycles. The first kappa shape index (κ1) is 17.5. The molecule has 0 saturated carbocycles. The van der Waals surface area contributed by atoms with Crippen molar-refractivity contribution < 1.29 is 0 Å². The molecule has 1 aliphatic rings. The fourth-order valence-corrected chi connectivity index (χ4v) is 3.67. The summed E-state index contributed by atoms with van der Waals surface area (Å²) in [6.07, 6.45) is 0. The van der Waals surface area contributed by atoms with Gasteiger partial charge in [0.15, 0.2) is 0 Å². The molecule has 7 nitrogen and oxygen atoms in total. The molecule has 0 unspecified atom stereocenters. The molecule has 0 bridgehead atoms. The molecule has 1 fully saturated rings. The second-order valence-electron chi connectivity index (χ2n) is 7.07.